The van der Waals surface area contributed by atoms with Crippen molar-refractivity contribution in [2.24, 2.45) is 0 Å². The van der Waals surface area contributed by atoms with Crippen molar-refractivity contribution in [2.45, 2.75) is 17.1 Å². The average molecular weight is 418 g/mol. The highest BCUT2D eigenvalue weighted by molar-refractivity contribution is 14.1. The monoisotopic (exact) mass is 417 g/mol. The molecule has 1 N–H and O–H groups in total. The summed E-state index contributed by atoms with van der Waals surface area (Å²) in [7, 11) is 0. The second-order valence-electron chi connectivity index (χ2n) is 4.18. The molecule has 0 bridgehead atoms. The lowest BCUT2D eigenvalue weighted by atomic mass is 10.3. The van der Waals surface area contributed by atoms with Crippen LogP contribution >= 0.6 is 46.0 Å². The van der Waals surface area contributed by atoms with Crippen LogP contribution in [0.5, 0.6) is 0 Å². The van der Waals surface area contributed by atoms with E-state index < -0.39 is 0 Å². The topological polar surface area (TPSA) is 29.1 Å². The van der Waals surface area contributed by atoms with Gasteiger partial charge in [-0.1, -0.05) is 23.7 Å². The third kappa shape index (κ3) is 4.40. The Kier molecular flexibility index (Phi) is 5.74. The van der Waals surface area contributed by atoms with E-state index in [1.165, 1.54) is 11.8 Å². The highest BCUT2D eigenvalue weighted by atomic mass is 127. The molecule has 20 heavy (non-hydrogen) atoms. The second kappa shape index (κ2) is 7.33. The molecule has 1 unspecified atom stereocenters. The van der Waals surface area contributed by atoms with E-state index >= 15 is 0 Å². The number of amides is 1. The van der Waals surface area contributed by atoms with Crippen molar-refractivity contribution in [3.63, 3.8) is 0 Å². The summed E-state index contributed by atoms with van der Waals surface area (Å²) < 4.78 is 1.03. The molecule has 0 saturated carbocycles. The fraction of sp³-hybridized carbons (Fsp3) is 0.133. The highest BCUT2D eigenvalue weighted by Gasteiger charge is 2.15. The molecule has 0 aliphatic rings. The summed E-state index contributed by atoms with van der Waals surface area (Å²) in [5, 5.41) is 3.47. The van der Waals surface area contributed by atoms with Crippen LogP contribution in [0.1, 0.15) is 6.92 Å². The zero-order valence-electron chi connectivity index (χ0n) is 10.8. The number of carbonyl (C=O) groups excluding carboxylic acids is 1. The number of carbonyl (C=O) groups is 1. The van der Waals surface area contributed by atoms with Crippen LogP contribution in [0.4, 0.5) is 5.69 Å². The molecule has 0 heterocycles. The van der Waals surface area contributed by atoms with Gasteiger partial charge in [0.1, 0.15) is 0 Å². The zero-order chi connectivity index (χ0) is 14.5. The van der Waals surface area contributed by atoms with E-state index in [0.717, 1.165) is 14.2 Å². The summed E-state index contributed by atoms with van der Waals surface area (Å²) in [6, 6.07) is 15.2. The van der Waals surface area contributed by atoms with Crippen LogP contribution in [-0.2, 0) is 4.79 Å². The molecule has 2 rings (SSSR count). The number of nitrogens with one attached hydrogen (secondary N) is 1. The number of thioether (sulfide) groups is 1. The fourth-order valence-electron chi connectivity index (χ4n) is 1.57. The SMILES string of the molecule is CC(Sc1ccc(Cl)cc1)C(=O)Nc1ccccc1I. The van der Waals surface area contributed by atoms with E-state index in [4.69, 9.17) is 11.6 Å². The summed E-state index contributed by atoms with van der Waals surface area (Å²) in [6.45, 7) is 1.89. The minimum absolute atomic E-state index is 0.00549. The summed E-state index contributed by atoms with van der Waals surface area (Å²) >= 11 is 9.57. The minimum Gasteiger partial charge on any atom is -0.324 e. The predicted octanol–water partition coefficient (Wildman–Crippen LogP) is 5.06. The first-order valence-electron chi connectivity index (χ1n) is 6.04. The molecule has 0 aromatic heterocycles. The number of benzene rings is 2. The van der Waals surface area contributed by atoms with E-state index in [0.29, 0.717) is 5.02 Å². The number of para-hydroxylation sites is 1. The molecule has 2 aromatic rings. The van der Waals surface area contributed by atoms with E-state index in [9.17, 15) is 4.79 Å². The average Bonchev–Trinajstić information content (AvgIpc) is 2.44. The molecule has 1 atom stereocenters. The summed E-state index contributed by atoms with van der Waals surface area (Å²) in [4.78, 5) is 13.2. The second-order valence-corrected chi connectivity index (χ2v) is 7.20. The Morgan fingerprint density at radius 3 is 2.50 bits per heavy atom. The Morgan fingerprint density at radius 1 is 1.20 bits per heavy atom. The standard InChI is InChI=1S/C15H13ClINOS/c1-10(20-12-8-6-11(16)7-9-12)15(19)18-14-5-3-2-4-13(14)17/h2-10H,1H3,(H,18,19). The van der Waals surface area contributed by atoms with Gasteiger partial charge in [-0.05, 0) is 65.9 Å². The van der Waals surface area contributed by atoms with E-state index in [1.807, 2.05) is 55.5 Å². The quantitative estimate of drug-likeness (QED) is 0.556. The molecule has 0 saturated heterocycles. The molecule has 104 valence electrons. The maximum Gasteiger partial charge on any atom is 0.237 e. The Morgan fingerprint density at radius 2 is 1.85 bits per heavy atom. The minimum atomic E-state index is -0.174. The van der Waals surface area contributed by atoms with Crippen LogP contribution < -0.4 is 5.32 Å². The van der Waals surface area contributed by atoms with E-state index in [-0.39, 0.29) is 11.2 Å². The molecule has 0 fully saturated rings. The van der Waals surface area contributed by atoms with Crippen LogP contribution in [-0.4, -0.2) is 11.2 Å². The normalized spacial score (nSPS) is 11.9. The predicted molar refractivity (Wildman–Crippen MR) is 94.6 cm³/mol. The van der Waals surface area contributed by atoms with Gasteiger partial charge in [0.2, 0.25) is 5.91 Å². The Labute approximate surface area is 141 Å². The molecular formula is C15H13ClINOS. The van der Waals surface area contributed by atoms with Crippen LogP contribution in [0.15, 0.2) is 53.4 Å². The lowest BCUT2D eigenvalue weighted by Crippen LogP contribution is -2.22. The highest BCUT2D eigenvalue weighted by Crippen LogP contribution is 2.26. The lowest BCUT2D eigenvalue weighted by Gasteiger charge is -2.13. The smallest absolute Gasteiger partial charge is 0.237 e. The van der Waals surface area contributed by atoms with Gasteiger partial charge < -0.3 is 5.32 Å². The maximum atomic E-state index is 12.2. The van der Waals surface area contributed by atoms with Crippen molar-refractivity contribution in [3.8, 4) is 0 Å². The van der Waals surface area contributed by atoms with Crippen molar-refractivity contribution in [2.75, 3.05) is 5.32 Å². The van der Waals surface area contributed by atoms with Crippen molar-refractivity contribution >= 4 is 57.5 Å². The van der Waals surface area contributed by atoms with Gasteiger partial charge in [-0.25, -0.2) is 0 Å². The van der Waals surface area contributed by atoms with Crippen molar-refractivity contribution in [1.82, 2.24) is 0 Å². The first-order chi connectivity index (χ1) is 9.56. The number of hydrogen-bond acceptors (Lipinski definition) is 2. The molecule has 2 aromatic carbocycles. The first-order valence-corrected chi connectivity index (χ1v) is 8.37. The third-order valence-electron chi connectivity index (χ3n) is 2.63. The van der Waals surface area contributed by atoms with Gasteiger partial charge in [0, 0.05) is 13.5 Å². The van der Waals surface area contributed by atoms with Gasteiger partial charge in [-0.15, -0.1) is 11.8 Å². The Hall–Kier alpha value is -0.720. The molecule has 0 aliphatic heterocycles. The Balaban J connectivity index is 1.99. The molecule has 0 radical (unpaired) electrons. The number of anilines is 1. The molecule has 1 amide bonds. The molecule has 0 spiro atoms. The summed E-state index contributed by atoms with van der Waals surface area (Å²) in [5.74, 6) is -0.00549. The molecule has 5 heteroatoms. The van der Waals surface area contributed by atoms with Crippen molar-refractivity contribution < 1.29 is 4.79 Å². The van der Waals surface area contributed by atoms with Crippen LogP contribution in [0, 0.1) is 3.57 Å². The fourth-order valence-corrected chi connectivity index (χ4v) is 3.08. The molecular weight excluding hydrogens is 405 g/mol. The summed E-state index contributed by atoms with van der Waals surface area (Å²) in [5.41, 5.74) is 0.849. The summed E-state index contributed by atoms with van der Waals surface area (Å²) in [6.07, 6.45) is 0. The van der Waals surface area contributed by atoms with Gasteiger partial charge in [-0.3, -0.25) is 4.79 Å². The largest absolute Gasteiger partial charge is 0.324 e. The zero-order valence-corrected chi connectivity index (χ0v) is 14.5. The lowest BCUT2D eigenvalue weighted by molar-refractivity contribution is -0.115. The molecule has 0 aliphatic carbocycles. The molecule has 2 nitrogen and oxygen atoms in total. The van der Waals surface area contributed by atoms with Crippen molar-refractivity contribution in [3.05, 3.63) is 57.1 Å². The van der Waals surface area contributed by atoms with E-state index in [1.54, 1.807) is 0 Å². The van der Waals surface area contributed by atoms with Gasteiger partial charge in [0.15, 0.2) is 0 Å². The first kappa shape index (κ1) is 15.7. The van der Waals surface area contributed by atoms with Gasteiger partial charge in [-0.2, -0.15) is 0 Å². The van der Waals surface area contributed by atoms with Crippen molar-refractivity contribution in [1.29, 1.82) is 0 Å². The number of rotatable bonds is 4. The van der Waals surface area contributed by atoms with E-state index in [2.05, 4.69) is 27.9 Å². The van der Waals surface area contributed by atoms with Gasteiger partial charge in [0.05, 0.1) is 10.9 Å². The van der Waals surface area contributed by atoms with Crippen LogP contribution in [0.3, 0.4) is 0 Å². The number of hydrogen-bond donors (Lipinski definition) is 1. The van der Waals surface area contributed by atoms with Crippen LogP contribution in [0.2, 0.25) is 5.02 Å². The third-order valence-corrected chi connectivity index (χ3v) is 4.93. The van der Waals surface area contributed by atoms with Gasteiger partial charge in [0.25, 0.3) is 0 Å². The maximum absolute atomic E-state index is 12.2. The van der Waals surface area contributed by atoms with Crippen LogP contribution in [0.25, 0.3) is 0 Å². The van der Waals surface area contributed by atoms with Gasteiger partial charge >= 0.3 is 0 Å². The Bertz CT molecular complexity index is 603. The number of halogens is 2.